The summed E-state index contributed by atoms with van der Waals surface area (Å²) in [4.78, 5) is 0.609. The lowest BCUT2D eigenvalue weighted by Gasteiger charge is -2.07. The van der Waals surface area contributed by atoms with Gasteiger partial charge in [-0.25, -0.2) is 4.39 Å². The van der Waals surface area contributed by atoms with Crippen LogP contribution >= 0.6 is 11.3 Å². The summed E-state index contributed by atoms with van der Waals surface area (Å²) in [6.45, 7) is 0. The van der Waals surface area contributed by atoms with E-state index < -0.39 is 5.82 Å². The van der Waals surface area contributed by atoms with E-state index in [1.807, 2.05) is 18.2 Å². The highest BCUT2D eigenvalue weighted by molar-refractivity contribution is 7.19. The molecule has 0 aliphatic rings. The number of para-hydroxylation sites is 1. The summed E-state index contributed by atoms with van der Waals surface area (Å²) in [5, 5.41) is 23.1. The standard InChI is InChI=1S/C21H13FN4O2S/c22-17-11-8-14(12-18(17)28-16-4-2-1-3-5-16)20-25-26-19(23-24-21(26)29-20)13-6-9-15(27)10-7-13/h1-12,27H. The fraction of sp³-hybridized carbons (Fsp3) is 0. The summed E-state index contributed by atoms with van der Waals surface area (Å²) in [5.74, 6) is 0.955. The van der Waals surface area contributed by atoms with Gasteiger partial charge in [-0.3, -0.25) is 0 Å². The second-order valence-corrected chi connectivity index (χ2v) is 7.19. The van der Waals surface area contributed by atoms with E-state index in [1.54, 1.807) is 53.0 Å². The zero-order chi connectivity index (χ0) is 19.8. The highest BCUT2D eigenvalue weighted by Gasteiger charge is 2.16. The quantitative estimate of drug-likeness (QED) is 0.448. The Hall–Kier alpha value is -3.78. The third-order valence-corrected chi connectivity index (χ3v) is 5.21. The summed E-state index contributed by atoms with van der Waals surface area (Å²) >= 11 is 1.34. The molecule has 5 rings (SSSR count). The van der Waals surface area contributed by atoms with Gasteiger partial charge in [-0.2, -0.15) is 9.61 Å². The van der Waals surface area contributed by atoms with Crippen molar-refractivity contribution in [1.29, 1.82) is 0 Å². The van der Waals surface area contributed by atoms with Crippen LogP contribution in [-0.4, -0.2) is 24.9 Å². The maximum atomic E-state index is 14.2. The molecule has 0 aliphatic carbocycles. The van der Waals surface area contributed by atoms with Gasteiger partial charge < -0.3 is 9.84 Å². The summed E-state index contributed by atoms with van der Waals surface area (Å²) in [5.41, 5.74) is 1.49. The molecule has 5 aromatic rings. The molecular weight excluding hydrogens is 391 g/mol. The number of phenolic OH excluding ortho intramolecular Hbond substituents is 1. The number of benzene rings is 3. The molecule has 0 atom stereocenters. The van der Waals surface area contributed by atoms with Crippen molar-refractivity contribution in [2.24, 2.45) is 0 Å². The Bertz CT molecular complexity index is 1300. The van der Waals surface area contributed by atoms with E-state index >= 15 is 0 Å². The maximum Gasteiger partial charge on any atom is 0.235 e. The first kappa shape index (κ1) is 17.3. The van der Waals surface area contributed by atoms with Crippen LogP contribution in [0.3, 0.4) is 0 Å². The van der Waals surface area contributed by atoms with E-state index in [0.29, 0.717) is 27.1 Å². The summed E-state index contributed by atoms with van der Waals surface area (Å²) in [6.07, 6.45) is 0. The van der Waals surface area contributed by atoms with E-state index in [2.05, 4.69) is 15.3 Å². The molecule has 29 heavy (non-hydrogen) atoms. The molecule has 0 amide bonds. The van der Waals surface area contributed by atoms with Crippen molar-refractivity contribution < 1.29 is 14.2 Å². The van der Waals surface area contributed by atoms with Crippen LogP contribution in [0.2, 0.25) is 0 Å². The zero-order valence-electron chi connectivity index (χ0n) is 14.9. The highest BCUT2D eigenvalue weighted by atomic mass is 32.1. The minimum atomic E-state index is -0.453. The van der Waals surface area contributed by atoms with E-state index in [9.17, 15) is 9.50 Å². The fourth-order valence-corrected chi connectivity index (χ4v) is 3.69. The highest BCUT2D eigenvalue weighted by Crippen LogP contribution is 2.33. The first-order valence-corrected chi connectivity index (χ1v) is 9.53. The molecule has 0 fully saturated rings. The lowest BCUT2D eigenvalue weighted by atomic mass is 10.2. The summed E-state index contributed by atoms with van der Waals surface area (Å²) in [6, 6.07) is 20.3. The average molecular weight is 404 g/mol. The average Bonchev–Trinajstić information content (AvgIpc) is 3.32. The number of hydrogen-bond donors (Lipinski definition) is 1. The van der Waals surface area contributed by atoms with Crippen molar-refractivity contribution in [3.8, 4) is 39.2 Å². The third-order valence-electron chi connectivity index (χ3n) is 4.27. The lowest BCUT2D eigenvalue weighted by molar-refractivity contribution is 0.442. The van der Waals surface area contributed by atoms with Crippen LogP contribution in [0.1, 0.15) is 0 Å². The molecule has 2 heterocycles. The Kier molecular flexibility index (Phi) is 4.18. The molecule has 0 radical (unpaired) electrons. The summed E-state index contributed by atoms with van der Waals surface area (Å²) < 4.78 is 21.6. The van der Waals surface area contributed by atoms with Gasteiger partial charge in [-0.1, -0.05) is 29.5 Å². The molecule has 8 heteroatoms. The van der Waals surface area contributed by atoms with Gasteiger partial charge in [0.2, 0.25) is 4.96 Å². The maximum absolute atomic E-state index is 14.2. The van der Waals surface area contributed by atoms with Crippen LogP contribution in [0.15, 0.2) is 72.8 Å². The van der Waals surface area contributed by atoms with Gasteiger partial charge in [-0.05, 0) is 54.6 Å². The Morgan fingerprint density at radius 3 is 2.45 bits per heavy atom. The Labute approximate surface area is 168 Å². The summed E-state index contributed by atoms with van der Waals surface area (Å²) in [7, 11) is 0. The van der Waals surface area contributed by atoms with Crippen LogP contribution < -0.4 is 4.74 Å². The largest absolute Gasteiger partial charge is 0.508 e. The molecule has 0 bridgehead atoms. The number of fused-ring (bicyclic) bond motifs is 1. The Morgan fingerprint density at radius 1 is 0.897 bits per heavy atom. The lowest BCUT2D eigenvalue weighted by Crippen LogP contribution is -1.92. The van der Waals surface area contributed by atoms with Gasteiger partial charge in [0.05, 0.1) is 0 Å². The number of aromatic nitrogens is 4. The van der Waals surface area contributed by atoms with E-state index in [0.717, 1.165) is 5.56 Å². The molecule has 0 saturated heterocycles. The first-order chi connectivity index (χ1) is 14.2. The van der Waals surface area contributed by atoms with Crippen molar-refractivity contribution in [3.63, 3.8) is 0 Å². The van der Waals surface area contributed by atoms with Crippen LogP contribution in [0.5, 0.6) is 17.2 Å². The number of nitrogens with zero attached hydrogens (tertiary/aromatic N) is 4. The van der Waals surface area contributed by atoms with Gasteiger partial charge in [0, 0.05) is 11.1 Å². The Morgan fingerprint density at radius 2 is 1.66 bits per heavy atom. The molecular formula is C21H13FN4O2S. The number of rotatable bonds is 4. The Balaban J connectivity index is 1.52. The predicted octanol–water partition coefficient (Wildman–Crippen LogP) is 5.16. The van der Waals surface area contributed by atoms with Crippen molar-refractivity contribution in [1.82, 2.24) is 19.8 Å². The molecule has 0 aliphatic heterocycles. The van der Waals surface area contributed by atoms with Crippen LogP contribution in [0.4, 0.5) is 4.39 Å². The number of ether oxygens (including phenoxy) is 1. The van der Waals surface area contributed by atoms with Gasteiger partial charge in [0.15, 0.2) is 17.4 Å². The van der Waals surface area contributed by atoms with Crippen molar-refractivity contribution in [2.75, 3.05) is 0 Å². The van der Waals surface area contributed by atoms with Crippen LogP contribution in [-0.2, 0) is 0 Å². The van der Waals surface area contributed by atoms with Crippen molar-refractivity contribution in [3.05, 3.63) is 78.6 Å². The van der Waals surface area contributed by atoms with Crippen LogP contribution in [0, 0.1) is 5.82 Å². The SMILES string of the molecule is Oc1ccc(-c2nnc3sc(-c4ccc(F)c(Oc5ccccc5)c4)nn23)cc1. The number of hydrogen-bond acceptors (Lipinski definition) is 6. The van der Waals surface area contributed by atoms with Gasteiger partial charge in [-0.15, -0.1) is 10.2 Å². The van der Waals surface area contributed by atoms with Gasteiger partial charge in [0.25, 0.3) is 0 Å². The number of aromatic hydroxyl groups is 1. The second kappa shape index (κ2) is 6.99. The monoisotopic (exact) mass is 404 g/mol. The number of phenols is 1. The molecule has 3 aromatic carbocycles. The fourth-order valence-electron chi connectivity index (χ4n) is 2.85. The normalized spacial score (nSPS) is 11.1. The van der Waals surface area contributed by atoms with E-state index in [4.69, 9.17) is 4.74 Å². The third kappa shape index (κ3) is 3.30. The van der Waals surface area contributed by atoms with Crippen molar-refractivity contribution >= 4 is 16.3 Å². The van der Waals surface area contributed by atoms with E-state index in [-0.39, 0.29) is 11.5 Å². The molecule has 142 valence electrons. The zero-order valence-corrected chi connectivity index (χ0v) is 15.7. The van der Waals surface area contributed by atoms with Gasteiger partial charge in [0.1, 0.15) is 16.5 Å². The molecule has 6 nitrogen and oxygen atoms in total. The molecule has 0 unspecified atom stereocenters. The topological polar surface area (TPSA) is 72.5 Å². The van der Waals surface area contributed by atoms with Crippen LogP contribution in [0.25, 0.3) is 26.9 Å². The first-order valence-electron chi connectivity index (χ1n) is 8.72. The number of halogens is 1. The molecule has 2 aromatic heterocycles. The molecule has 0 saturated carbocycles. The smallest absolute Gasteiger partial charge is 0.235 e. The predicted molar refractivity (Wildman–Crippen MR) is 108 cm³/mol. The minimum absolute atomic E-state index is 0.124. The molecule has 1 N–H and O–H groups in total. The van der Waals surface area contributed by atoms with Gasteiger partial charge >= 0.3 is 0 Å². The minimum Gasteiger partial charge on any atom is -0.508 e. The second-order valence-electron chi connectivity index (χ2n) is 6.23. The molecule has 0 spiro atoms. The van der Waals surface area contributed by atoms with Crippen molar-refractivity contribution in [2.45, 2.75) is 0 Å². The van der Waals surface area contributed by atoms with E-state index in [1.165, 1.54) is 17.4 Å².